The lowest BCUT2D eigenvalue weighted by molar-refractivity contribution is -0.118. The summed E-state index contributed by atoms with van der Waals surface area (Å²) >= 11 is 1.68. The van der Waals surface area contributed by atoms with Crippen molar-refractivity contribution in [3.8, 4) is 0 Å². The van der Waals surface area contributed by atoms with Gasteiger partial charge in [0.15, 0.2) is 0 Å². The van der Waals surface area contributed by atoms with Gasteiger partial charge >= 0.3 is 0 Å². The molecular formula is C17H25N5OS. The van der Waals surface area contributed by atoms with Crippen molar-refractivity contribution in [1.29, 1.82) is 0 Å². The van der Waals surface area contributed by atoms with E-state index < -0.39 is 0 Å². The van der Waals surface area contributed by atoms with Crippen molar-refractivity contribution >= 4 is 23.1 Å². The summed E-state index contributed by atoms with van der Waals surface area (Å²) in [5, 5.41) is 9.33. The Morgan fingerprint density at radius 1 is 1.50 bits per heavy atom. The SMILES string of the molecule is CC1(C)CN(CC(=O)Nc2ccnn2Cc2cccs2)CCC1N. The number of rotatable bonds is 5. The molecule has 0 spiro atoms. The van der Waals surface area contributed by atoms with E-state index in [0.29, 0.717) is 13.1 Å². The molecule has 0 radical (unpaired) electrons. The molecule has 0 aliphatic carbocycles. The van der Waals surface area contributed by atoms with Gasteiger partial charge in [0.05, 0.1) is 19.3 Å². The van der Waals surface area contributed by atoms with Crippen LogP contribution in [0, 0.1) is 5.41 Å². The number of thiophene rings is 1. The third-order valence-corrected chi connectivity index (χ3v) is 5.49. The second-order valence-electron chi connectivity index (χ2n) is 7.10. The molecule has 1 saturated heterocycles. The van der Waals surface area contributed by atoms with Crippen molar-refractivity contribution < 1.29 is 4.79 Å². The molecule has 0 aromatic carbocycles. The first-order chi connectivity index (χ1) is 11.4. The molecule has 6 nitrogen and oxygen atoms in total. The van der Waals surface area contributed by atoms with Crippen LogP contribution in [-0.4, -0.2) is 46.3 Å². The molecule has 1 unspecified atom stereocenters. The number of anilines is 1. The molecule has 24 heavy (non-hydrogen) atoms. The number of nitrogens with one attached hydrogen (secondary N) is 1. The second kappa shape index (κ2) is 7.04. The van der Waals surface area contributed by atoms with Crippen molar-refractivity contribution in [1.82, 2.24) is 14.7 Å². The molecule has 1 fully saturated rings. The third kappa shape index (κ3) is 4.03. The van der Waals surface area contributed by atoms with Gasteiger partial charge in [-0.05, 0) is 23.3 Å². The zero-order valence-corrected chi connectivity index (χ0v) is 15.1. The van der Waals surface area contributed by atoms with Crippen molar-refractivity contribution in [2.24, 2.45) is 11.1 Å². The minimum Gasteiger partial charge on any atom is -0.327 e. The summed E-state index contributed by atoms with van der Waals surface area (Å²) in [6.45, 7) is 7.10. The number of nitrogens with two attached hydrogens (primary N) is 1. The zero-order chi connectivity index (χ0) is 17.2. The Hall–Kier alpha value is -1.70. The van der Waals surface area contributed by atoms with Crippen molar-refractivity contribution in [2.75, 3.05) is 25.0 Å². The lowest BCUT2D eigenvalue weighted by Gasteiger charge is -2.42. The Balaban J connectivity index is 1.57. The van der Waals surface area contributed by atoms with Crippen LogP contribution < -0.4 is 11.1 Å². The second-order valence-corrected chi connectivity index (χ2v) is 8.13. The summed E-state index contributed by atoms with van der Waals surface area (Å²) in [6.07, 6.45) is 2.64. The van der Waals surface area contributed by atoms with E-state index in [9.17, 15) is 4.79 Å². The van der Waals surface area contributed by atoms with Gasteiger partial charge in [-0.15, -0.1) is 11.3 Å². The van der Waals surface area contributed by atoms with Crippen molar-refractivity contribution in [3.05, 3.63) is 34.7 Å². The van der Waals surface area contributed by atoms with Gasteiger partial charge in [0, 0.05) is 30.1 Å². The summed E-state index contributed by atoms with van der Waals surface area (Å²) in [5.74, 6) is 0.732. The number of amides is 1. The summed E-state index contributed by atoms with van der Waals surface area (Å²) in [6, 6.07) is 6.12. The van der Waals surface area contributed by atoms with E-state index in [-0.39, 0.29) is 17.4 Å². The summed E-state index contributed by atoms with van der Waals surface area (Å²) in [7, 11) is 0. The normalized spacial score (nSPS) is 20.9. The highest BCUT2D eigenvalue weighted by Crippen LogP contribution is 2.27. The molecular weight excluding hydrogens is 322 g/mol. The summed E-state index contributed by atoms with van der Waals surface area (Å²) in [5.41, 5.74) is 6.20. The van der Waals surface area contributed by atoms with Crippen LogP contribution in [0.25, 0.3) is 0 Å². The Morgan fingerprint density at radius 3 is 3.04 bits per heavy atom. The molecule has 1 atom stereocenters. The molecule has 130 valence electrons. The predicted octanol–water partition coefficient (Wildman–Crippen LogP) is 1.99. The maximum Gasteiger partial charge on any atom is 0.239 e. The number of carbonyl (C=O) groups excluding carboxylic acids is 1. The highest BCUT2D eigenvalue weighted by molar-refractivity contribution is 7.09. The topological polar surface area (TPSA) is 76.2 Å². The number of likely N-dealkylation sites (tertiary alicyclic amines) is 1. The van der Waals surface area contributed by atoms with Crippen LogP contribution in [0.5, 0.6) is 0 Å². The highest BCUT2D eigenvalue weighted by Gasteiger charge is 2.33. The molecule has 0 saturated carbocycles. The fourth-order valence-corrected chi connectivity index (χ4v) is 3.81. The Morgan fingerprint density at radius 2 is 2.33 bits per heavy atom. The van der Waals surface area contributed by atoms with Crippen LogP contribution >= 0.6 is 11.3 Å². The molecule has 1 aliphatic heterocycles. The molecule has 2 aromatic rings. The highest BCUT2D eigenvalue weighted by atomic mass is 32.1. The van der Waals surface area contributed by atoms with E-state index in [2.05, 4.69) is 35.2 Å². The third-order valence-electron chi connectivity index (χ3n) is 4.63. The molecule has 3 N–H and O–H groups in total. The first kappa shape index (κ1) is 17.1. The van der Waals surface area contributed by atoms with Crippen molar-refractivity contribution in [3.63, 3.8) is 0 Å². The molecule has 1 amide bonds. The smallest absolute Gasteiger partial charge is 0.239 e. The number of aromatic nitrogens is 2. The van der Waals surface area contributed by atoms with E-state index in [4.69, 9.17) is 5.73 Å². The Kier molecular flexibility index (Phi) is 5.03. The first-order valence-corrected chi connectivity index (χ1v) is 9.14. The van der Waals surface area contributed by atoms with E-state index in [1.165, 1.54) is 4.88 Å². The molecule has 0 bridgehead atoms. The fourth-order valence-electron chi connectivity index (χ4n) is 3.12. The average Bonchev–Trinajstić information content (AvgIpc) is 3.16. The summed E-state index contributed by atoms with van der Waals surface area (Å²) in [4.78, 5) is 15.8. The van der Waals surface area contributed by atoms with Gasteiger partial charge in [-0.2, -0.15) is 5.10 Å². The van der Waals surface area contributed by atoms with E-state index in [0.717, 1.165) is 25.3 Å². The van der Waals surface area contributed by atoms with Gasteiger partial charge in [-0.1, -0.05) is 19.9 Å². The Bertz CT molecular complexity index is 679. The number of piperidine rings is 1. The van der Waals surface area contributed by atoms with Crippen LogP contribution in [0.1, 0.15) is 25.1 Å². The van der Waals surface area contributed by atoms with Crippen LogP contribution in [0.3, 0.4) is 0 Å². The lowest BCUT2D eigenvalue weighted by Crippen LogP contribution is -2.53. The van der Waals surface area contributed by atoms with Gasteiger partial charge in [0.2, 0.25) is 5.91 Å². The fraction of sp³-hybridized carbons (Fsp3) is 0.529. The molecule has 2 aromatic heterocycles. The van der Waals surface area contributed by atoms with E-state index >= 15 is 0 Å². The minimum atomic E-state index is -0.00537. The predicted molar refractivity (Wildman–Crippen MR) is 97.1 cm³/mol. The van der Waals surface area contributed by atoms with Gasteiger partial charge in [0.25, 0.3) is 0 Å². The standard InChI is InChI=1S/C17H25N5OS/c1-17(2)12-21(8-6-14(17)18)11-16(23)20-15-5-7-19-22(15)10-13-4-3-9-24-13/h3-5,7,9,14H,6,8,10-12,18H2,1-2H3,(H,20,23). The van der Waals surface area contributed by atoms with Crippen LogP contribution in [0.4, 0.5) is 5.82 Å². The minimum absolute atomic E-state index is 0.00537. The van der Waals surface area contributed by atoms with E-state index in [1.54, 1.807) is 17.5 Å². The van der Waals surface area contributed by atoms with Crippen LogP contribution in [0.2, 0.25) is 0 Å². The largest absolute Gasteiger partial charge is 0.327 e. The van der Waals surface area contributed by atoms with Crippen LogP contribution in [-0.2, 0) is 11.3 Å². The number of carbonyl (C=O) groups is 1. The summed E-state index contributed by atoms with van der Waals surface area (Å²) < 4.78 is 1.82. The average molecular weight is 347 g/mol. The maximum atomic E-state index is 12.4. The number of hydrogen-bond acceptors (Lipinski definition) is 5. The van der Waals surface area contributed by atoms with Crippen molar-refractivity contribution in [2.45, 2.75) is 32.9 Å². The van der Waals surface area contributed by atoms with Gasteiger partial charge < -0.3 is 11.1 Å². The number of hydrogen-bond donors (Lipinski definition) is 2. The van der Waals surface area contributed by atoms with Gasteiger partial charge in [0.1, 0.15) is 5.82 Å². The van der Waals surface area contributed by atoms with Crippen LogP contribution in [0.15, 0.2) is 29.8 Å². The first-order valence-electron chi connectivity index (χ1n) is 8.26. The monoisotopic (exact) mass is 347 g/mol. The lowest BCUT2D eigenvalue weighted by atomic mass is 9.80. The Labute approximate surface area is 146 Å². The van der Waals surface area contributed by atoms with Gasteiger partial charge in [-0.3, -0.25) is 9.69 Å². The molecule has 3 heterocycles. The van der Waals surface area contributed by atoms with E-state index in [1.807, 2.05) is 22.2 Å². The molecule has 1 aliphatic rings. The molecule has 7 heteroatoms. The zero-order valence-electron chi connectivity index (χ0n) is 14.2. The van der Waals surface area contributed by atoms with Gasteiger partial charge in [-0.25, -0.2) is 4.68 Å². The molecule has 3 rings (SSSR count). The quantitative estimate of drug-likeness (QED) is 0.867. The maximum absolute atomic E-state index is 12.4. The number of nitrogens with zero attached hydrogens (tertiary/aromatic N) is 3.